The van der Waals surface area contributed by atoms with Gasteiger partial charge in [-0.3, -0.25) is 4.79 Å². The number of carbonyl (C=O) groups excluding carboxylic acids is 1. The molecule has 1 amide bonds. The minimum atomic E-state index is -0.0579. The highest BCUT2D eigenvalue weighted by Crippen LogP contribution is 2.30. The third-order valence-electron chi connectivity index (χ3n) is 6.57. The van der Waals surface area contributed by atoms with Gasteiger partial charge in [0.2, 0.25) is 11.6 Å². The van der Waals surface area contributed by atoms with E-state index in [1.54, 1.807) is 6.20 Å². The fourth-order valence-corrected chi connectivity index (χ4v) is 4.87. The van der Waals surface area contributed by atoms with Crippen molar-refractivity contribution in [3.8, 4) is 0 Å². The predicted molar refractivity (Wildman–Crippen MR) is 116 cm³/mol. The molecule has 9 heteroatoms. The van der Waals surface area contributed by atoms with Crippen molar-refractivity contribution in [2.45, 2.75) is 37.7 Å². The van der Waals surface area contributed by atoms with E-state index in [0.717, 1.165) is 71.6 Å². The van der Waals surface area contributed by atoms with E-state index in [1.807, 2.05) is 17.0 Å². The molecule has 1 N–H and O–H groups in total. The van der Waals surface area contributed by atoms with Gasteiger partial charge in [-0.1, -0.05) is 0 Å². The molecule has 3 fully saturated rings. The molecule has 3 aliphatic rings. The van der Waals surface area contributed by atoms with Crippen molar-refractivity contribution < 1.29 is 13.9 Å². The Bertz CT molecular complexity index is 826. The Balaban J connectivity index is 0.00000218. The van der Waals surface area contributed by atoms with Crippen LogP contribution in [-0.2, 0) is 9.53 Å². The van der Waals surface area contributed by atoms with Gasteiger partial charge in [0, 0.05) is 51.9 Å². The van der Waals surface area contributed by atoms with Crippen LogP contribution in [0.2, 0.25) is 0 Å². The number of fused-ring (bicyclic) bond motifs is 1. The van der Waals surface area contributed by atoms with E-state index >= 15 is 0 Å². The number of piperidine rings is 2. The van der Waals surface area contributed by atoms with Gasteiger partial charge in [0.25, 0.3) is 6.01 Å². The quantitative estimate of drug-likeness (QED) is 0.791. The summed E-state index contributed by atoms with van der Waals surface area (Å²) in [6.07, 6.45) is 6.31. The number of ether oxygens (including phenoxy) is 1. The molecule has 164 valence electrons. The normalized spacial score (nSPS) is 24.1. The molecule has 1 atom stereocenters. The number of rotatable bonds is 3. The first-order valence-corrected chi connectivity index (χ1v) is 10.8. The van der Waals surface area contributed by atoms with Crippen LogP contribution in [0.15, 0.2) is 22.7 Å². The molecule has 0 aromatic carbocycles. The van der Waals surface area contributed by atoms with E-state index < -0.39 is 0 Å². The summed E-state index contributed by atoms with van der Waals surface area (Å²) in [6.45, 7) is 5.93. The van der Waals surface area contributed by atoms with Crippen LogP contribution in [0, 0.1) is 5.92 Å². The molecule has 2 aromatic heterocycles. The maximum absolute atomic E-state index is 12.9. The maximum Gasteiger partial charge on any atom is 0.299 e. The molecule has 1 unspecified atom stereocenters. The van der Waals surface area contributed by atoms with Crippen molar-refractivity contribution >= 4 is 35.6 Å². The minimum absolute atomic E-state index is 0. The topological polar surface area (TPSA) is 83.7 Å². The van der Waals surface area contributed by atoms with Gasteiger partial charge in [0.1, 0.15) is 0 Å². The smallest absolute Gasteiger partial charge is 0.299 e. The first kappa shape index (κ1) is 21.3. The van der Waals surface area contributed by atoms with E-state index in [9.17, 15) is 4.79 Å². The molecule has 30 heavy (non-hydrogen) atoms. The van der Waals surface area contributed by atoms with Crippen LogP contribution in [0.3, 0.4) is 0 Å². The number of nitrogens with zero attached hydrogens (tertiary/aromatic N) is 4. The van der Waals surface area contributed by atoms with Gasteiger partial charge in [-0.25, -0.2) is 4.98 Å². The molecule has 0 radical (unpaired) electrons. The highest BCUT2D eigenvalue weighted by Gasteiger charge is 2.38. The first-order valence-electron chi connectivity index (χ1n) is 10.8. The molecule has 3 saturated heterocycles. The zero-order valence-corrected chi connectivity index (χ0v) is 18.0. The molecule has 2 aromatic rings. The van der Waals surface area contributed by atoms with Crippen LogP contribution in [0.25, 0.3) is 11.2 Å². The number of amides is 1. The van der Waals surface area contributed by atoms with Gasteiger partial charge in [-0.15, -0.1) is 12.4 Å². The summed E-state index contributed by atoms with van der Waals surface area (Å²) in [5.74, 6) is 0.609. The van der Waals surface area contributed by atoms with Crippen molar-refractivity contribution in [3.63, 3.8) is 0 Å². The van der Waals surface area contributed by atoms with Crippen molar-refractivity contribution in [1.82, 2.24) is 20.2 Å². The second-order valence-corrected chi connectivity index (χ2v) is 8.57. The molecule has 0 bridgehead atoms. The average Bonchev–Trinajstić information content (AvgIpc) is 3.19. The Morgan fingerprint density at radius 3 is 2.93 bits per heavy atom. The third-order valence-corrected chi connectivity index (χ3v) is 6.57. The number of halogens is 1. The van der Waals surface area contributed by atoms with Crippen LogP contribution in [0.4, 0.5) is 6.01 Å². The Morgan fingerprint density at radius 2 is 2.17 bits per heavy atom. The standard InChI is InChI=1S/C21H29N5O3.ClH/c27-18(25-10-5-21(6-11-25)15-22-8-12-28-21)13-16-3-2-9-26(14-16)20-24-19-17(29-20)4-1-7-23-19;/h1,4,7,16,22H,2-3,5-6,8-15H2;1H. The van der Waals surface area contributed by atoms with Gasteiger partial charge in [-0.05, 0) is 43.7 Å². The van der Waals surface area contributed by atoms with Crippen LogP contribution in [-0.4, -0.2) is 72.3 Å². The summed E-state index contributed by atoms with van der Waals surface area (Å²) < 4.78 is 11.9. The monoisotopic (exact) mass is 435 g/mol. The largest absolute Gasteiger partial charge is 0.422 e. The Morgan fingerprint density at radius 1 is 1.30 bits per heavy atom. The molecule has 0 saturated carbocycles. The van der Waals surface area contributed by atoms with Gasteiger partial charge in [0.05, 0.1) is 12.2 Å². The van der Waals surface area contributed by atoms with Crippen molar-refractivity contribution in [1.29, 1.82) is 0 Å². The number of aromatic nitrogens is 2. The van der Waals surface area contributed by atoms with Gasteiger partial charge in [0.15, 0.2) is 5.58 Å². The molecule has 1 spiro atoms. The number of carbonyl (C=O) groups is 1. The number of pyridine rings is 1. The summed E-state index contributed by atoms with van der Waals surface area (Å²) in [6, 6.07) is 4.36. The highest BCUT2D eigenvalue weighted by molar-refractivity contribution is 5.85. The molecule has 0 aliphatic carbocycles. The predicted octanol–water partition coefficient (Wildman–Crippen LogP) is 2.23. The lowest BCUT2D eigenvalue weighted by Gasteiger charge is -2.44. The van der Waals surface area contributed by atoms with Crippen LogP contribution >= 0.6 is 12.4 Å². The van der Waals surface area contributed by atoms with Crippen molar-refractivity contribution in [2.24, 2.45) is 5.92 Å². The number of anilines is 1. The summed E-state index contributed by atoms with van der Waals surface area (Å²) in [4.78, 5) is 25.9. The lowest BCUT2D eigenvalue weighted by atomic mass is 9.89. The number of nitrogens with one attached hydrogen (secondary N) is 1. The third kappa shape index (κ3) is 4.40. The lowest BCUT2D eigenvalue weighted by molar-refractivity contribution is -0.141. The van der Waals surface area contributed by atoms with Crippen molar-refractivity contribution in [2.75, 3.05) is 50.8 Å². The zero-order valence-electron chi connectivity index (χ0n) is 17.2. The fraction of sp³-hybridized carbons (Fsp3) is 0.667. The second-order valence-electron chi connectivity index (χ2n) is 8.57. The lowest BCUT2D eigenvalue weighted by Crippen LogP contribution is -2.56. The Kier molecular flexibility index (Phi) is 6.46. The average molecular weight is 436 g/mol. The zero-order chi connectivity index (χ0) is 19.7. The number of hydrogen-bond acceptors (Lipinski definition) is 7. The molecule has 3 aliphatic heterocycles. The minimum Gasteiger partial charge on any atom is -0.422 e. The van der Waals surface area contributed by atoms with Crippen LogP contribution in [0.1, 0.15) is 32.1 Å². The number of hydrogen-bond donors (Lipinski definition) is 1. The number of oxazole rings is 1. The summed E-state index contributed by atoms with van der Waals surface area (Å²) in [5.41, 5.74) is 1.29. The molecule has 8 nitrogen and oxygen atoms in total. The van der Waals surface area contributed by atoms with Gasteiger partial charge >= 0.3 is 0 Å². The van der Waals surface area contributed by atoms with Crippen LogP contribution in [0.5, 0.6) is 0 Å². The SMILES string of the molecule is Cl.O=C(CC1CCCN(c2nc3ncccc3o2)C1)N1CCC2(CC1)CNCCO2. The van der Waals surface area contributed by atoms with Gasteiger partial charge < -0.3 is 24.3 Å². The summed E-state index contributed by atoms with van der Waals surface area (Å²) >= 11 is 0. The van der Waals surface area contributed by atoms with Crippen molar-refractivity contribution in [3.05, 3.63) is 18.3 Å². The summed E-state index contributed by atoms with van der Waals surface area (Å²) in [5, 5.41) is 3.43. The highest BCUT2D eigenvalue weighted by atomic mass is 35.5. The molecular formula is C21H30ClN5O3. The molecular weight excluding hydrogens is 406 g/mol. The van der Waals surface area contributed by atoms with Gasteiger partial charge in [-0.2, -0.15) is 4.98 Å². The Labute approximate surface area is 182 Å². The maximum atomic E-state index is 12.9. The molecule has 5 heterocycles. The van der Waals surface area contributed by atoms with E-state index in [2.05, 4.69) is 20.2 Å². The number of morpholine rings is 1. The van der Waals surface area contributed by atoms with E-state index in [-0.39, 0.29) is 23.9 Å². The first-order chi connectivity index (χ1) is 14.2. The fourth-order valence-electron chi connectivity index (χ4n) is 4.87. The summed E-state index contributed by atoms with van der Waals surface area (Å²) in [7, 11) is 0. The van der Waals surface area contributed by atoms with E-state index in [1.165, 1.54) is 0 Å². The second kappa shape index (κ2) is 9.08. The van der Waals surface area contributed by atoms with Crippen LogP contribution < -0.4 is 10.2 Å². The number of likely N-dealkylation sites (tertiary alicyclic amines) is 1. The van der Waals surface area contributed by atoms with E-state index in [4.69, 9.17) is 9.15 Å². The molecule has 5 rings (SSSR count). The Hall–Kier alpha value is -1.90. The van der Waals surface area contributed by atoms with E-state index in [0.29, 0.717) is 29.6 Å².